The number of carboxylic acids is 1. The molecule has 6 rings (SSSR count). The molecule has 1 aromatic heterocycles. The highest BCUT2D eigenvalue weighted by atomic mass is 32.2. The summed E-state index contributed by atoms with van der Waals surface area (Å²) in [5.41, 5.74) is 1.03. The van der Waals surface area contributed by atoms with Crippen LogP contribution in [0.4, 0.5) is 0 Å². The topological polar surface area (TPSA) is 117 Å². The van der Waals surface area contributed by atoms with Crippen LogP contribution in [0.2, 0.25) is 0 Å². The Morgan fingerprint density at radius 1 is 1.11 bits per heavy atom. The third kappa shape index (κ3) is 3.55. The number of aromatic nitrogens is 1. The Morgan fingerprint density at radius 2 is 1.86 bits per heavy atom. The zero-order valence-corrected chi connectivity index (χ0v) is 21.5. The van der Waals surface area contributed by atoms with Crippen molar-refractivity contribution in [3.8, 4) is 5.75 Å². The van der Waals surface area contributed by atoms with Crippen molar-refractivity contribution in [2.24, 2.45) is 29.6 Å². The molecule has 2 amide bonds. The van der Waals surface area contributed by atoms with Gasteiger partial charge >= 0.3 is 10.8 Å². The van der Waals surface area contributed by atoms with Crippen LogP contribution in [-0.2, 0) is 14.4 Å². The number of carbonyl (C=O) groups is 3. The zero-order chi connectivity index (χ0) is 25.1. The number of H-pyrrole nitrogens is 1. The van der Waals surface area contributed by atoms with Crippen molar-refractivity contribution in [2.75, 3.05) is 13.7 Å². The second kappa shape index (κ2) is 9.06. The third-order valence-corrected chi connectivity index (χ3v) is 11.1. The van der Waals surface area contributed by atoms with Gasteiger partial charge in [-0.3, -0.25) is 24.1 Å². The number of unbranched alkanes of at least 4 members (excludes halogenated alkanes) is 2. The number of aromatic amines is 1. The predicted molar refractivity (Wildman–Crippen MR) is 134 cm³/mol. The molecule has 7 atom stereocenters. The minimum Gasteiger partial charge on any atom is -0.496 e. The molecule has 2 saturated carbocycles. The number of hydrogen-bond donors (Lipinski definition) is 2. The first kappa shape index (κ1) is 23.8. The number of carboxylic acid groups (broad SMARTS) is 1. The summed E-state index contributed by atoms with van der Waals surface area (Å²) in [6, 6.07) is 7.91. The summed E-state index contributed by atoms with van der Waals surface area (Å²) in [6.07, 6.45) is 2.81. The van der Waals surface area contributed by atoms with E-state index in [1.807, 2.05) is 18.2 Å². The first-order chi connectivity index (χ1) is 17.4. The summed E-state index contributed by atoms with van der Waals surface area (Å²) in [7, 11) is 1.65. The van der Waals surface area contributed by atoms with Gasteiger partial charge in [0.2, 0.25) is 11.8 Å². The van der Waals surface area contributed by atoms with Crippen LogP contribution in [0.15, 0.2) is 34.1 Å². The van der Waals surface area contributed by atoms with Crippen molar-refractivity contribution in [3.63, 3.8) is 0 Å². The van der Waals surface area contributed by atoms with Crippen LogP contribution in [0.25, 0.3) is 0 Å². The monoisotopic (exact) mass is 528 g/mol. The van der Waals surface area contributed by atoms with Crippen molar-refractivity contribution in [3.05, 3.63) is 44.4 Å². The number of methoxy groups -OCH3 is 1. The number of hydrogen-bond acceptors (Lipinski definition) is 7. The molecule has 190 valence electrons. The molecule has 2 N–H and O–H groups in total. The lowest BCUT2D eigenvalue weighted by atomic mass is 9.68. The molecule has 0 radical (unpaired) electrons. The van der Waals surface area contributed by atoms with E-state index >= 15 is 0 Å². The molecular formula is C26H28N2O6S2. The fourth-order valence-electron chi connectivity index (χ4n) is 7.29. The molecule has 0 unspecified atom stereocenters. The summed E-state index contributed by atoms with van der Waals surface area (Å²) in [5, 5.41) is 9.87. The van der Waals surface area contributed by atoms with Crippen molar-refractivity contribution in [2.45, 2.75) is 48.3 Å². The third-order valence-electron chi connectivity index (χ3n) is 8.56. The van der Waals surface area contributed by atoms with Gasteiger partial charge in [-0.2, -0.15) is 0 Å². The second-order valence-electron chi connectivity index (χ2n) is 10.2. The predicted octanol–water partition coefficient (Wildman–Crippen LogP) is 3.56. The van der Waals surface area contributed by atoms with Gasteiger partial charge in [-0.15, -0.1) is 11.8 Å². The lowest BCUT2D eigenvalue weighted by Gasteiger charge is -2.43. The van der Waals surface area contributed by atoms with Crippen LogP contribution >= 0.6 is 23.1 Å². The van der Waals surface area contributed by atoms with Gasteiger partial charge < -0.3 is 14.8 Å². The SMILES string of the molecule is COc1ccccc1[C@H]1c2sc(=O)[nH]c2S[C@@H]2[C@H]3C[C@@H]([C@@H]4C(=O)N(CCCCCC(=O)O)C(=O)[C@H]34)[C@H]12. The Kier molecular flexibility index (Phi) is 5.99. The van der Waals surface area contributed by atoms with Gasteiger partial charge in [0.25, 0.3) is 0 Å². The summed E-state index contributed by atoms with van der Waals surface area (Å²) < 4.78 is 5.71. The van der Waals surface area contributed by atoms with E-state index in [0.29, 0.717) is 25.8 Å². The van der Waals surface area contributed by atoms with Crippen molar-refractivity contribution < 1.29 is 24.2 Å². The number of aliphatic carboxylic acids is 1. The number of para-hydroxylation sites is 1. The van der Waals surface area contributed by atoms with Gasteiger partial charge in [-0.25, -0.2) is 0 Å². The van der Waals surface area contributed by atoms with E-state index in [0.717, 1.165) is 27.6 Å². The minimum atomic E-state index is -0.825. The van der Waals surface area contributed by atoms with Crippen molar-refractivity contribution >= 4 is 40.9 Å². The summed E-state index contributed by atoms with van der Waals surface area (Å²) in [5.74, 6) is -0.523. The number of likely N-dealkylation sites (tertiary alicyclic amines) is 1. The Balaban J connectivity index is 1.31. The maximum Gasteiger partial charge on any atom is 0.305 e. The molecule has 8 nitrogen and oxygen atoms in total. The van der Waals surface area contributed by atoms with Gasteiger partial charge in [-0.1, -0.05) is 36.0 Å². The number of rotatable bonds is 8. The molecule has 2 bridgehead atoms. The molecular weight excluding hydrogens is 500 g/mol. The van der Waals surface area contributed by atoms with Crippen LogP contribution in [0, 0.1) is 29.6 Å². The molecule has 0 spiro atoms. The highest BCUT2D eigenvalue weighted by Crippen LogP contribution is 2.68. The van der Waals surface area contributed by atoms with E-state index in [9.17, 15) is 19.2 Å². The van der Waals surface area contributed by atoms with Gasteiger partial charge in [-0.05, 0) is 43.1 Å². The van der Waals surface area contributed by atoms with Crippen molar-refractivity contribution in [1.82, 2.24) is 9.88 Å². The Morgan fingerprint density at radius 3 is 2.61 bits per heavy atom. The van der Waals surface area contributed by atoms with Crippen LogP contribution in [0.1, 0.15) is 48.5 Å². The number of nitrogens with zero attached hydrogens (tertiary/aromatic N) is 1. The smallest absolute Gasteiger partial charge is 0.305 e. The summed E-state index contributed by atoms with van der Waals surface area (Å²) >= 11 is 2.92. The van der Waals surface area contributed by atoms with Gasteiger partial charge in [0.15, 0.2) is 0 Å². The molecule has 1 aromatic carbocycles. The van der Waals surface area contributed by atoms with Gasteiger partial charge in [0.1, 0.15) is 5.75 Å². The fraction of sp³-hybridized carbons (Fsp3) is 0.538. The van der Waals surface area contributed by atoms with E-state index in [2.05, 4.69) is 11.1 Å². The first-order valence-corrected chi connectivity index (χ1v) is 14.2. The quantitative estimate of drug-likeness (QED) is 0.397. The highest BCUT2D eigenvalue weighted by molar-refractivity contribution is 8.00. The minimum absolute atomic E-state index is 0.0599. The number of thioether (sulfide) groups is 1. The molecule has 2 aromatic rings. The molecule has 3 fully saturated rings. The average Bonchev–Trinajstić information content (AvgIpc) is 3.58. The van der Waals surface area contributed by atoms with Gasteiger partial charge in [0.05, 0.1) is 24.0 Å². The summed E-state index contributed by atoms with van der Waals surface area (Å²) in [4.78, 5) is 55.6. The second-order valence-corrected chi connectivity index (χ2v) is 12.4. The molecule has 1 saturated heterocycles. The molecule has 2 aliphatic carbocycles. The number of nitrogens with one attached hydrogen (secondary N) is 1. The first-order valence-electron chi connectivity index (χ1n) is 12.5. The normalized spacial score (nSPS) is 31.9. The summed E-state index contributed by atoms with van der Waals surface area (Å²) in [6.45, 7) is 0.364. The standard InChI is InChI=1S/C26H28N2O6S2/c1-34-15-8-5-4-7-12(15)17-18-13-11-14(21(18)35-23-22(17)36-26(33)27-23)20-19(13)24(31)28(25(20)32)10-6-2-3-9-16(29)30/h4-5,7-8,13-14,17-21H,2-3,6,9-11H2,1H3,(H,27,33)(H,29,30)/t13-,14+,17-,18-,19+,20-,21-/m1/s1. The van der Waals surface area contributed by atoms with Crippen LogP contribution < -0.4 is 9.61 Å². The van der Waals surface area contributed by atoms with E-state index in [4.69, 9.17) is 9.84 Å². The van der Waals surface area contributed by atoms with Crippen molar-refractivity contribution in [1.29, 1.82) is 0 Å². The molecule has 2 aliphatic heterocycles. The largest absolute Gasteiger partial charge is 0.496 e. The fourth-order valence-corrected chi connectivity index (χ4v) is 10.2. The average molecular weight is 529 g/mol. The Labute approximate surface area is 216 Å². The zero-order valence-electron chi connectivity index (χ0n) is 19.8. The molecule has 3 heterocycles. The van der Waals surface area contributed by atoms with Crippen LogP contribution in [0.5, 0.6) is 5.75 Å². The maximum absolute atomic E-state index is 13.6. The number of amides is 2. The Bertz CT molecular complexity index is 1290. The lowest BCUT2D eigenvalue weighted by molar-refractivity contribution is -0.141. The number of fused-ring (bicyclic) bond motifs is 9. The number of thiazole rings is 1. The number of benzene rings is 1. The van der Waals surface area contributed by atoms with Crippen LogP contribution in [0.3, 0.4) is 0 Å². The Hall–Kier alpha value is -2.59. The molecule has 4 aliphatic rings. The van der Waals surface area contributed by atoms with Gasteiger partial charge in [0, 0.05) is 34.6 Å². The number of imide groups is 1. The van der Waals surface area contributed by atoms with E-state index < -0.39 is 5.97 Å². The number of ether oxygens (including phenoxy) is 1. The highest BCUT2D eigenvalue weighted by Gasteiger charge is 2.69. The van der Waals surface area contributed by atoms with E-state index in [1.165, 1.54) is 16.2 Å². The molecule has 36 heavy (non-hydrogen) atoms. The van der Waals surface area contributed by atoms with E-state index in [-0.39, 0.29) is 63.9 Å². The lowest BCUT2D eigenvalue weighted by Crippen LogP contribution is -2.42. The molecule has 10 heteroatoms. The maximum atomic E-state index is 13.6. The van der Waals surface area contributed by atoms with Crippen LogP contribution in [-0.4, -0.2) is 51.7 Å². The van der Waals surface area contributed by atoms with E-state index in [1.54, 1.807) is 18.9 Å². The number of carbonyl (C=O) groups excluding carboxylic acids is 2.